The van der Waals surface area contributed by atoms with Crippen molar-refractivity contribution in [3.63, 3.8) is 0 Å². The van der Waals surface area contributed by atoms with Crippen molar-refractivity contribution in [1.82, 2.24) is 30.0 Å². The standard InChI is InChI=1S/C28H39N7OS/c1-19-17-37-27-25(19)26(31-21-2-4-22(5-3-21)34-11-10-29-28(18-34)8-9-28)32-24(33-27)14-20-15-30-35(16-20)23-6-12-36-13-7-23/h15-17,21-23,29H,2-14,18H2,1H3,(H,31,32,33). The number of thiophene rings is 1. The van der Waals surface area contributed by atoms with Gasteiger partial charge in [-0.3, -0.25) is 9.58 Å². The van der Waals surface area contributed by atoms with Crippen molar-refractivity contribution in [3.05, 3.63) is 34.7 Å². The molecule has 4 fully saturated rings. The average molecular weight is 522 g/mol. The van der Waals surface area contributed by atoms with Crippen LogP contribution in [0.4, 0.5) is 5.82 Å². The van der Waals surface area contributed by atoms with E-state index in [9.17, 15) is 0 Å². The molecule has 2 N–H and O–H groups in total. The summed E-state index contributed by atoms with van der Waals surface area (Å²) in [5.74, 6) is 1.91. The zero-order valence-electron chi connectivity index (χ0n) is 21.9. The molecule has 37 heavy (non-hydrogen) atoms. The van der Waals surface area contributed by atoms with Crippen LogP contribution in [-0.2, 0) is 11.2 Å². The first kappa shape index (κ1) is 24.0. The third-order valence-corrected chi connectivity index (χ3v) is 10.0. The molecule has 3 aromatic rings. The van der Waals surface area contributed by atoms with Crippen LogP contribution in [0.25, 0.3) is 10.2 Å². The van der Waals surface area contributed by atoms with E-state index in [-0.39, 0.29) is 0 Å². The highest BCUT2D eigenvalue weighted by molar-refractivity contribution is 7.17. The predicted molar refractivity (Wildman–Crippen MR) is 147 cm³/mol. The fraction of sp³-hybridized carbons (Fsp3) is 0.679. The molecule has 2 aliphatic carbocycles. The molecule has 0 unspecified atom stereocenters. The number of rotatable bonds is 6. The third-order valence-electron chi connectivity index (χ3n) is 9.06. The second-order valence-corrected chi connectivity index (χ2v) is 12.6. The monoisotopic (exact) mass is 521 g/mol. The fourth-order valence-corrected chi connectivity index (χ4v) is 7.62. The second kappa shape index (κ2) is 9.91. The first-order chi connectivity index (χ1) is 18.1. The minimum absolute atomic E-state index is 0.439. The highest BCUT2D eigenvalue weighted by Gasteiger charge is 2.46. The highest BCUT2D eigenvalue weighted by atomic mass is 32.1. The van der Waals surface area contributed by atoms with Crippen molar-refractivity contribution in [2.45, 2.75) is 88.4 Å². The summed E-state index contributed by atoms with van der Waals surface area (Å²) < 4.78 is 7.64. The van der Waals surface area contributed by atoms with E-state index in [4.69, 9.17) is 14.7 Å². The van der Waals surface area contributed by atoms with Crippen LogP contribution in [0.1, 0.15) is 74.4 Å². The molecular formula is C28H39N7OS. The van der Waals surface area contributed by atoms with Crippen LogP contribution in [0, 0.1) is 6.92 Å². The molecule has 5 heterocycles. The molecule has 2 saturated heterocycles. The fourth-order valence-electron chi connectivity index (χ4n) is 6.68. The largest absolute Gasteiger partial charge is 0.381 e. The molecule has 0 radical (unpaired) electrons. The van der Waals surface area contributed by atoms with E-state index in [0.29, 0.717) is 24.0 Å². The SMILES string of the molecule is Cc1csc2nc(Cc3cnn(C4CCOCC4)c3)nc(NC3CCC(N4CCNC5(CC5)C4)CC3)c12. The molecule has 7 rings (SSSR count). The Hall–Kier alpha value is -2.07. The maximum Gasteiger partial charge on any atom is 0.139 e. The van der Waals surface area contributed by atoms with Crippen molar-refractivity contribution in [2.24, 2.45) is 0 Å². The van der Waals surface area contributed by atoms with E-state index >= 15 is 0 Å². The van der Waals surface area contributed by atoms with Crippen LogP contribution in [0.2, 0.25) is 0 Å². The van der Waals surface area contributed by atoms with Gasteiger partial charge >= 0.3 is 0 Å². The van der Waals surface area contributed by atoms with Crippen molar-refractivity contribution in [1.29, 1.82) is 0 Å². The van der Waals surface area contributed by atoms with Gasteiger partial charge in [0.25, 0.3) is 0 Å². The van der Waals surface area contributed by atoms with Crippen LogP contribution in [0.15, 0.2) is 17.8 Å². The molecule has 0 amide bonds. The summed E-state index contributed by atoms with van der Waals surface area (Å²) in [5.41, 5.74) is 2.91. The van der Waals surface area contributed by atoms with E-state index in [1.165, 1.54) is 68.1 Å². The summed E-state index contributed by atoms with van der Waals surface area (Å²) in [4.78, 5) is 13.9. The lowest BCUT2D eigenvalue weighted by molar-refractivity contribution is 0.0662. The van der Waals surface area contributed by atoms with E-state index < -0.39 is 0 Å². The third kappa shape index (κ3) is 5.03. The molecular weight excluding hydrogens is 482 g/mol. The van der Waals surface area contributed by atoms with E-state index in [1.807, 2.05) is 6.20 Å². The van der Waals surface area contributed by atoms with Gasteiger partial charge < -0.3 is 15.4 Å². The maximum atomic E-state index is 5.52. The molecule has 3 aromatic heterocycles. The van der Waals surface area contributed by atoms with E-state index in [0.717, 1.165) is 55.1 Å². The Labute approximate surface area is 223 Å². The Morgan fingerprint density at radius 2 is 1.95 bits per heavy atom. The Balaban J connectivity index is 1.04. The van der Waals surface area contributed by atoms with Gasteiger partial charge in [0.1, 0.15) is 16.5 Å². The first-order valence-electron chi connectivity index (χ1n) is 14.3. The molecule has 198 valence electrons. The van der Waals surface area contributed by atoms with Gasteiger partial charge in [-0.25, -0.2) is 9.97 Å². The lowest BCUT2D eigenvalue weighted by Gasteiger charge is -2.42. The number of hydrogen-bond acceptors (Lipinski definition) is 8. The zero-order chi connectivity index (χ0) is 24.8. The Bertz CT molecular complexity index is 1240. The number of aryl methyl sites for hydroxylation is 1. The zero-order valence-corrected chi connectivity index (χ0v) is 22.7. The summed E-state index contributed by atoms with van der Waals surface area (Å²) in [6, 6.07) is 1.67. The van der Waals surface area contributed by atoms with Gasteiger partial charge in [0.15, 0.2) is 0 Å². The number of ether oxygens (including phenoxy) is 1. The van der Waals surface area contributed by atoms with Crippen molar-refractivity contribution < 1.29 is 4.74 Å². The minimum Gasteiger partial charge on any atom is -0.381 e. The van der Waals surface area contributed by atoms with Gasteiger partial charge in [-0.2, -0.15) is 5.10 Å². The minimum atomic E-state index is 0.439. The number of nitrogens with zero attached hydrogens (tertiary/aromatic N) is 5. The van der Waals surface area contributed by atoms with Gasteiger partial charge in [0, 0.05) is 63.1 Å². The molecule has 2 aliphatic heterocycles. The Morgan fingerprint density at radius 1 is 1.11 bits per heavy atom. The Morgan fingerprint density at radius 3 is 2.76 bits per heavy atom. The van der Waals surface area contributed by atoms with Gasteiger partial charge in [-0.15, -0.1) is 11.3 Å². The topological polar surface area (TPSA) is 80.1 Å². The quantitative estimate of drug-likeness (QED) is 0.501. The normalized spacial score (nSPS) is 26.6. The van der Waals surface area contributed by atoms with Gasteiger partial charge in [0.05, 0.1) is 17.6 Å². The van der Waals surface area contributed by atoms with Crippen LogP contribution < -0.4 is 10.6 Å². The molecule has 9 heteroatoms. The van der Waals surface area contributed by atoms with Gasteiger partial charge in [-0.1, -0.05) is 0 Å². The highest BCUT2D eigenvalue weighted by Crippen LogP contribution is 2.39. The molecule has 0 aromatic carbocycles. The maximum absolute atomic E-state index is 5.52. The second-order valence-electron chi connectivity index (χ2n) is 11.8. The molecule has 0 bridgehead atoms. The Kier molecular flexibility index (Phi) is 6.43. The van der Waals surface area contributed by atoms with Crippen molar-refractivity contribution >= 4 is 27.4 Å². The lowest BCUT2D eigenvalue weighted by Crippen LogP contribution is -2.56. The smallest absolute Gasteiger partial charge is 0.139 e. The van der Waals surface area contributed by atoms with Crippen LogP contribution in [0.5, 0.6) is 0 Å². The molecule has 1 spiro atoms. The van der Waals surface area contributed by atoms with Crippen molar-refractivity contribution in [3.8, 4) is 0 Å². The molecule has 4 aliphatic rings. The molecule has 0 atom stereocenters. The lowest BCUT2D eigenvalue weighted by atomic mass is 9.89. The summed E-state index contributed by atoms with van der Waals surface area (Å²) in [6.07, 6.45) is 14.7. The number of anilines is 1. The van der Waals surface area contributed by atoms with E-state index in [2.05, 4.69) is 43.8 Å². The van der Waals surface area contributed by atoms with Gasteiger partial charge in [0.2, 0.25) is 0 Å². The number of aromatic nitrogens is 4. The predicted octanol–water partition coefficient (Wildman–Crippen LogP) is 4.30. The van der Waals surface area contributed by atoms with E-state index in [1.54, 1.807) is 11.3 Å². The first-order valence-corrected chi connectivity index (χ1v) is 15.1. The van der Waals surface area contributed by atoms with Crippen LogP contribution in [0.3, 0.4) is 0 Å². The summed E-state index contributed by atoms with van der Waals surface area (Å²) >= 11 is 1.73. The van der Waals surface area contributed by atoms with Crippen LogP contribution >= 0.6 is 11.3 Å². The summed E-state index contributed by atoms with van der Waals surface area (Å²) in [6.45, 7) is 7.45. The van der Waals surface area contributed by atoms with Gasteiger partial charge in [-0.05, 0) is 74.8 Å². The number of piperazine rings is 1. The average Bonchev–Trinajstić information content (AvgIpc) is 3.31. The summed E-state index contributed by atoms with van der Waals surface area (Å²) in [5, 5.41) is 15.7. The number of fused-ring (bicyclic) bond motifs is 1. The number of hydrogen-bond donors (Lipinski definition) is 2. The van der Waals surface area contributed by atoms with Crippen molar-refractivity contribution in [2.75, 3.05) is 38.2 Å². The summed E-state index contributed by atoms with van der Waals surface area (Å²) in [7, 11) is 0. The molecule has 2 saturated carbocycles. The van der Waals surface area contributed by atoms with Crippen LogP contribution in [-0.4, -0.2) is 75.1 Å². The number of nitrogens with one attached hydrogen (secondary N) is 2. The molecule has 8 nitrogen and oxygen atoms in total.